The molecule has 1 aliphatic rings. The van der Waals surface area contributed by atoms with Crippen molar-refractivity contribution < 1.29 is 24.5 Å². The van der Waals surface area contributed by atoms with Crippen molar-refractivity contribution in [2.75, 3.05) is 13.7 Å². The Labute approximate surface area is 131 Å². The second kappa shape index (κ2) is 6.57. The highest BCUT2D eigenvalue weighted by molar-refractivity contribution is 8.06. The molecule has 1 aromatic rings. The van der Waals surface area contributed by atoms with Gasteiger partial charge in [0.1, 0.15) is 6.54 Å². The number of carbonyl (C=O) groups excluding carboxylic acids is 1. The third-order valence-electron chi connectivity index (χ3n) is 3.02. The number of ether oxygens (including phenoxy) is 1. The predicted molar refractivity (Wildman–Crippen MR) is 83.5 cm³/mol. The molecule has 116 valence electrons. The molecule has 0 radical (unpaired) electrons. The minimum absolute atomic E-state index is 0.0553. The average Bonchev–Trinajstić information content (AvgIpc) is 2.46. The van der Waals surface area contributed by atoms with Gasteiger partial charge in [-0.3, -0.25) is 9.59 Å². The maximum absolute atomic E-state index is 12.2. The van der Waals surface area contributed by atoms with Gasteiger partial charge in [-0.15, -0.1) is 0 Å². The molecule has 0 spiro atoms. The minimum Gasteiger partial charge on any atom is -0.504 e. The molecule has 0 atom stereocenters. The van der Waals surface area contributed by atoms with Crippen LogP contribution in [0, 0.1) is 6.92 Å². The van der Waals surface area contributed by atoms with E-state index in [1.165, 1.54) is 25.1 Å². The van der Waals surface area contributed by atoms with E-state index in [1.54, 1.807) is 30.5 Å². The molecule has 0 unspecified atom stereocenters. The lowest BCUT2D eigenvalue weighted by Gasteiger charge is -2.21. The molecule has 6 nitrogen and oxygen atoms in total. The van der Waals surface area contributed by atoms with E-state index < -0.39 is 5.97 Å². The summed E-state index contributed by atoms with van der Waals surface area (Å²) in [5.74, 6) is -1.08. The molecule has 7 heteroatoms. The fraction of sp³-hybridized carbons (Fsp3) is 0.200. The maximum atomic E-state index is 12.2. The van der Waals surface area contributed by atoms with Crippen LogP contribution in [0.5, 0.6) is 11.5 Å². The van der Waals surface area contributed by atoms with Gasteiger partial charge < -0.3 is 19.8 Å². The van der Waals surface area contributed by atoms with E-state index in [0.29, 0.717) is 21.8 Å². The van der Waals surface area contributed by atoms with Crippen LogP contribution in [0.4, 0.5) is 0 Å². The van der Waals surface area contributed by atoms with Crippen molar-refractivity contribution in [3.05, 3.63) is 39.8 Å². The first-order valence-corrected chi connectivity index (χ1v) is 7.25. The number of phenolic OH excluding ortho intramolecular Hbond substituents is 1. The molecular weight excluding hydrogens is 306 g/mol. The van der Waals surface area contributed by atoms with Gasteiger partial charge >= 0.3 is 5.97 Å². The summed E-state index contributed by atoms with van der Waals surface area (Å²) < 4.78 is 5.08. The number of aliphatic carboxylic acids is 1. The molecule has 2 N–H and O–H groups in total. The lowest BCUT2D eigenvalue weighted by Crippen LogP contribution is -2.32. The molecular formula is C15H15NO5S. The Morgan fingerprint density at radius 1 is 1.45 bits per heavy atom. The van der Waals surface area contributed by atoms with Crippen molar-refractivity contribution in [3.8, 4) is 11.5 Å². The number of rotatable bonds is 4. The highest BCUT2D eigenvalue weighted by atomic mass is 32.2. The number of carbonyl (C=O) groups is 2. The molecule has 0 saturated carbocycles. The molecule has 1 heterocycles. The molecule has 22 heavy (non-hydrogen) atoms. The predicted octanol–water partition coefficient (Wildman–Crippen LogP) is 2.18. The van der Waals surface area contributed by atoms with Gasteiger partial charge in [-0.25, -0.2) is 0 Å². The van der Waals surface area contributed by atoms with Gasteiger partial charge in [0.2, 0.25) is 0 Å². The molecule has 1 amide bonds. The van der Waals surface area contributed by atoms with E-state index in [-0.39, 0.29) is 18.2 Å². The monoisotopic (exact) mass is 321 g/mol. The number of phenols is 1. The van der Waals surface area contributed by atoms with E-state index in [2.05, 4.69) is 0 Å². The fourth-order valence-corrected chi connectivity index (χ4v) is 2.74. The summed E-state index contributed by atoms with van der Waals surface area (Å²) in [6.45, 7) is 1.34. The molecule has 0 aliphatic carbocycles. The summed E-state index contributed by atoms with van der Waals surface area (Å²) in [6, 6.07) is 3.33. The van der Waals surface area contributed by atoms with Crippen molar-refractivity contribution in [3.63, 3.8) is 0 Å². The fourth-order valence-electron chi connectivity index (χ4n) is 1.97. The number of hydrogen-bond donors (Lipinski definition) is 2. The van der Waals surface area contributed by atoms with Crippen LogP contribution < -0.4 is 4.74 Å². The zero-order valence-corrected chi connectivity index (χ0v) is 12.9. The number of amides is 1. The Hall–Kier alpha value is -2.41. The first-order chi connectivity index (χ1) is 10.4. The van der Waals surface area contributed by atoms with Gasteiger partial charge in [-0.05, 0) is 41.7 Å². The first-order valence-electron chi connectivity index (χ1n) is 6.37. The molecule has 0 saturated heterocycles. The summed E-state index contributed by atoms with van der Waals surface area (Å²) in [7, 11) is 1.45. The van der Waals surface area contributed by atoms with Crippen molar-refractivity contribution in [1.82, 2.24) is 4.90 Å². The molecule has 1 aliphatic heterocycles. The van der Waals surface area contributed by atoms with E-state index >= 15 is 0 Å². The smallest absolute Gasteiger partial charge is 0.323 e. The summed E-state index contributed by atoms with van der Waals surface area (Å²) >= 11 is 1.21. The van der Waals surface area contributed by atoms with Crippen LogP contribution >= 0.6 is 11.8 Å². The summed E-state index contributed by atoms with van der Waals surface area (Å²) in [5.41, 5.74) is 1.31. The highest BCUT2D eigenvalue weighted by Gasteiger charge is 2.22. The van der Waals surface area contributed by atoms with Crippen LogP contribution in [-0.4, -0.2) is 40.6 Å². The number of methoxy groups -OCH3 is 1. The second-order valence-electron chi connectivity index (χ2n) is 4.63. The van der Waals surface area contributed by atoms with E-state index in [9.17, 15) is 14.7 Å². The lowest BCUT2D eigenvalue weighted by molar-refractivity contribution is -0.141. The Morgan fingerprint density at radius 3 is 2.82 bits per heavy atom. The van der Waals surface area contributed by atoms with Gasteiger partial charge in [0.25, 0.3) is 5.91 Å². The number of nitrogens with zero attached hydrogens (tertiary/aromatic N) is 1. The van der Waals surface area contributed by atoms with E-state index in [0.717, 1.165) is 4.90 Å². The number of aromatic hydroxyl groups is 1. The zero-order chi connectivity index (χ0) is 16.3. The van der Waals surface area contributed by atoms with Crippen LogP contribution in [0.3, 0.4) is 0 Å². The Bertz CT molecular complexity index is 681. The number of hydrogen-bond acceptors (Lipinski definition) is 5. The average molecular weight is 321 g/mol. The SMILES string of the molecule is COc1cc(C=C2SC=CN(CC(=O)O)C2=O)cc(C)c1O. The van der Waals surface area contributed by atoms with Crippen LogP contribution in [0.1, 0.15) is 11.1 Å². The van der Waals surface area contributed by atoms with Gasteiger partial charge in [0.05, 0.1) is 12.0 Å². The quantitative estimate of drug-likeness (QED) is 0.827. The third kappa shape index (κ3) is 3.43. The number of aryl methyl sites for hydroxylation is 1. The molecule has 2 rings (SSSR count). The summed E-state index contributed by atoms with van der Waals surface area (Å²) in [4.78, 5) is 24.5. The summed E-state index contributed by atoms with van der Waals surface area (Å²) in [5, 5.41) is 20.3. The number of benzene rings is 1. The number of carboxylic acid groups (broad SMARTS) is 1. The first kappa shape index (κ1) is 16.0. The largest absolute Gasteiger partial charge is 0.504 e. The Kier molecular flexibility index (Phi) is 4.77. The van der Waals surface area contributed by atoms with Crippen molar-refractivity contribution >= 4 is 29.7 Å². The topological polar surface area (TPSA) is 87.1 Å². The lowest BCUT2D eigenvalue weighted by atomic mass is 10.1. The van der Waals surface area contributed by atoms with Crippen molar-refractivity contribution in [1.29, 1.82) is 0 Å². The Balaban J connectivity index is 2.33. The van der Waals surface area contributed by atoms with Crippen molar-refractivity contribution in [2.45, 2.75) is 6.92 Å². The van der Waals surface area contributed by atoms with Crippen LogP contribution in [0.2, 0.25) is 0 Å². The van der Waals surface area contributed by atoms with E-state index in [4.69, 9.17) is 9.84 Å². The second-order valence-corrected chi connectivity index (χ2v) is 5.57. The van der Waals surface area contributed by atoms with Crippen molar-refractivity contribution in [2.24, 2.45) is 0 Å². The van der Waals surface area contributed by atoms with E-state index in [1.807, 2.05) is 0 Å². The normalized spacial score (nSPS) is 16.2. The van der Waals surface area contributed by atoms with Crippen LogP contribution in [0.15, 0.2) is 28.6 Å². The number of carboxylic acids is 1. The van der Waals surface area contributed by atoms with Gasteiger partial charge in [0.15, 0.2) is 11.5 Å². The molecule has 1 aromatic carbocycles. The van der Waals surface area contributed by atoms with Gasteiger partial charge in [-0.2, -0.15) is 0 Å². The van der Waals surface area contributed by atoms with Crippen LogP contribution in [-0.2, 0) is 9.59 Å². The Morgan fingerprint density at radius 2 is 2.18 bits per heavy atom. The van der Waals surface area contributed by atoms with Gasteiger partial charge in [-0.1, -0.05) is 11.8 Å². The summed E-state index contributed by atoms with van der Waals surface area (Å²) in [6.07, 6.45) is 3.08. The zero-order valence-electron chi connectivity index (χ0n) is 12.1. The van der Waals surface area contributed by atoms with Crippen LogP contribution in [0.25, 0.3) is 6.08 Å². The maximum Gasteiger partial charge on any atom is 0.323 e. The molecule has 0 fully saturated rings. The molecule has 0 bridgehead atoms. The highest BCUT2D eigenvalue weighted by Crippen LogP contribution is 2.33. The standard InChI is InChI=1S/C15H15NO5S/c1-9-5-10(6-11(21-2)14(9)19)7-12-15(20)16(3-4-22-12)8-13(17)18/h3-7,19H,8H2,1-2H3,(H,17,18). The number of thioether (sulfide) groups is 1. The minimum atomic E-state index is -1.08. The molecule has 0 aromatic heterocycles. The third-order valence-corrected chi connectivity index (χ3v) is 3.82. The van der Waals surface area contributed by atoms with Gasteiger partial charge in [0, 0.05) is 6.20 Å².